The van der Waals surface area contributed by atoms with Crippen molar-refractivity contribution < 1.29 is 18.0 Å². The number of amides is 1. The lowest BCUT2D eigenvalue weighted by Crippen LogP contribution is -2.41. The number of aromatic nitrogens is 2. The Morgan fingerprint density at radius 2 is 1.95 bits per heavy atom. The summed E-state index contributed by atoms with van der Waals surface area (Å²) in [4.78, 5) is 16.0. The molecule has 0 bridgehead atoms. The van der Waals surface area contributed by atoms with E-state index in [0.29, 0.717) is 5.69 Å². The average Bonchev–Trinajstić information content (AvgIpc) is 2.67. The number of alkyl halides is 3. The largest absolute Gasteiger partial charge is 0.417 e. The van der Waals surface area contributed by atoms with Crippen LogP contribution >= 0.6 is 11.6 Å². The zero-order valence-electron chi connectivity index (χ0n) is 12.3. The van der Waals surface area contributed by atoms with Crippen LogP contribution in [0.3, 0.4) is 0 Å². The Morgan fingerprint density at radius 3 is 2.50 bits per heavy atom. The maximum atomic E-state index is 12.7. The molecule has 0 fully saturated rings. The molecule has 2 rings (SSSR count). The van der Waals surface area contributed by atoms with Gasteiger partial charge in [-0.25, -0.2) is 4.98 Å². The van der Waals surface area contributed by atoms with Gasteiger partial charge in [0.25, 0.3) is 0 Å². The van der Waals surface area contributed by atoms with Crippen molar-refractivity contribution in [3.8, 4) is 0 Å². The van der Waals surface area contributed by atoms with E-state index in [-0.39, 0.29) is 23.0 Å². The molecule has 4 nitrogen and oxygen atoms in total. The molecule has 2 aromatic rings. The molecule has 2 aromatic heterocycles. The lowest BCUT2D eigenvalue weighted by atomic mass is 10.1. The molecular weight excluding hydrogens is 319 g/mol. The third kappa shape index (κ3) is 3.91. The first-order valence-electron chi connectivity index (χ1n) is 6.51. The van der Waals surface area contributed by atoms with Gasteiger partial charge < -0.3 is 9.72 Å². The molecule has 0 aliphatic heterocycles. The Balaban J connectivity index is 2.31. The molecule has 0 aliphatic rings. The minimum absolute atomic E-state index is 0.0311. The van der Waals surface area contributed by atoms with Crippen molar-refractivity contribution in [2.24, 2.45) is 0 Å². The molecular formula is C14H15ClF3N3O. The molecule has 8 heteroatoms. The van der Waals surface area contributed by atoms with Crippen LogP contribution in [0.2, 0.25) is 5.02 Å². The molecule has 0 saturated carbocycles. The third-order valence-electron chi connectivity index (χ3n) is 2.74. The van der Waals surface area contributed by atoms with Crippen molar-refractivity contribution in [1.82, 2.24) is 14.7 Å². The van der Waals surface area contributed by atoms with E-state index in [2.05, 4.69) is 10.3 Å². The van der Waals surface area contributed by atoms with Crippen molar-refractivity contribution in [3.05, 3.63) is 34.7 Å². The van der Waals surface area contributed by atoms with E-state index in [4.69, 9.17) is 11.6 Å². The number of halogens is 4. The van der Waals surface area contributed by atoms with Crippen LogP contribution in [-0.2, 0) is 17.4 Å². The van der Waals surface area contributed by atoms with Crippen molar-refractivity contribution in [1.29, 1.82) is 0 Å². The van der Waals surface area contributed by atoms with Crippen LogP contribution < -0.4 is 5.32 Å². The predicted molar refractivity (Wildman–Crippen MR) is 76.8 cm³/mol. The van der Waals surface area contributed by atoms with E-state index in [1.165, 1.54) is 10.6 Å². The summed E-state index contributed by atoms with van der Waals surface area (Å²) in [5.74, 6) is -0.261. The molecule has 1 amide bonds. The Morgan fingerprint density at radius 1 is 1.32 bits per heavy atom. The second-order valence-corrected chi connectivity index (χ2v) is 6.42. The summed E-state index contributed by atoms with van der Waals surface area (Å²) in [5, 5.41) is 2.65. The summed E-state index contributed by atoms with van der Waals surface area (Å²) in [5.41, 5.74) is -0.721. The summed E-state index contributed by atoms with van der Waals surface area (Å²) in [7, 11) is 0. The Hall–Kier alpha value is -1.76. The Kier molecular flexibility index (Phi) is 4.12. The van der Waals surface area contributed by atoms with Crippen LogP contribution in [-0.4, -0.2) is 20.8 Å². The highest BCUT2D eigenvalue weighted by atomic mass is 35.5. The lowest BCUT2D eigenvalue weighted by Gasteiger charge is -2.19. The number of pyridine rings is 1. The number of hydrogen-bond donors (Lipinski definition) is 1. The van der Waals surface area contributed by atoms with E-state index in [0.717, 1.165) is 12.3 Å². The standard InChI is InChI=1S/C14H15ClF3N3O/c1-13(2,3)20-11(22)5-9-7-21-6-8(14(16,17)18)4-10(15)12(21)19-9/h4,6-7H,5H2,1-3H3,(H,20,22). The fourth-order valence-corrected chi connectivity index (χ4v) is 2.23. The number of carbonyl (C=O) groups is 1. The maximum Gasteiger partial charge on any atom is 0.417 e. The smallest absolute Gasteiger partial charge is 0.351 e. The average molecular weight is 334 g/mol. The molecule has 0 saturated heterocycles. The second kappa shape index (κ2) is 5.46. The molecule has 1 N–H and O–H groups in total. The fraction of sp³-hybridized carbons (Fsp3) is 0.429. The molecule has 2 heterocycles. The van der Waals surface area contributed by atoms with Crippen LogP contribution in [0.1, 0.15) is 32.0 Å². The number of imidazole rings is 1. The van der Waals surface area contributed by atoms with Crippen molar-refractivity contribution >= 4 is 23.2 Å². The number of rotatable bonds is 2. The van der Waals surface area contributed by atoms with Crippen molar-refractivity contribution in [2.45, 2.75) is 38.9 Å². The van der Waals surface area contributed by atoms with E-state index < -0.39 is 17.3 Å². The minimum atomic E-state index is -4.49. The molecule has 120 valence electrons. The number of fused-ring (bicyclic) bond motifs is 1. The van der Waals surface area contributed by atoms with Crippen molar-refractivity contribution in [2.75, 3.05) is 0 Å². The molecule has 0 spiro atoms. The van der Waals surface area contributed by atoms with Gasteiger partial charge >= 0.3 is 6.18 Å². The van der Waals surface area contributed by atoms with Crippen LogP contribution in [0.5, 0.6) is 0 Å². The SMILES string of the molecule is CC(C)(C)NC(=O)Cc1cn2cc(C(F)(F)F)cc(Cl)c2n1. The normalized spacial score (nSPS) is 12.7. The van der Waals surface area contributed by atoms with Gasteiger partial charge in [0.2, 0.25) is 5.91 Å². The first-order chi connectivity index (χ1) is 9.95. The highest BCUT2D eigenvalue weighted by Gasteiger charge is 2.32. The quantitative estimate of drug-likeness (QED) is 0.914. The summed E-state index contributed by atoms with van der Waals surface area (Å²) in [6, 6.07) is 0.822. The van der Waals surface area contributed by atoms with Crippen LogP contribution in [0.4, 0.5) is 13.2 Å². The van der Waals surface area contributed by atoms with Gasteiger partial charge in [-0.3, -0.25) is 4.79 Å². The lowest BCUT2D eigenvalue weighted by molar-refractivity contribution is -0.137. The van der Waals surface area contributed by atoms with Crippen molar-refractivity contribution in [3.63, 3.8) is 0 Å². The molecule has 0 unspecified atom stereocenters. The van der Waals surface area contributed by atoms with E-state index in [1.54, 1.807) is 0 Å². The topological polar surface area (TPSA) is 46.4 Å². The first kappa shape index (κ1) is 16.6. The molecule has 22 heavy (non-hydrogen) atoms. The zero-order valence-corrected chi connectivity index (χ0v) is 13.0. The zero-order chi connectivity index (χ0) is 16.7. The van der Waals surface area contributed by atoms with Gasteiger partial charge in [-0.1, -0.05) is 11.6 Å². The van der Waals surface area contributed by atoms with Gasteiger partial charge in [0.1, 0.15) is 0 Å². The second-order valence-electron chi connectivity index (χ2n) is 6.01. The van der Waals surface area contributed by atoms with E-state index >= 15 is 0 Å². The van der Waals surface area contributed by atoms with Gasteiger partial charge in [-0.15, -0.1) is 0 Å². The Labute approximate surface area is 130 Å². The number of nitrogens with one attached hydrogen (secondary N) is 1. The predicted octanol–water partition coefficient (Wildman–Crippen LogP) is 3.46. The highest BCUT2D eigenvalue weighted by Crippen LogP contribution is 2.32. The molecule has 0 aliphatic carbocycles. The molecule has 0 atom stereocenters. The number of hydrogen-bond acceptors (Lipinski definition) is 2. The van der Waals surface area contributed by atoms with Crippen LogP contribution in [0.25, 0.3) is 5.65 Å². The minimum Gasteiger partial charge on any atom is -0.351 e. The first-order valence-corrected chi connectivity index (χ1v) is 6.89. The molecule has 0 radical (unpaired) electrons. The van der Waals surface area contributed by atoms with Gasteiger partial charge in [0.15, 0.2) is 5.65 Å². The van der Waals surface area contributed by atoms with Crippen LogP contribution in [0.15, 0.2) is 18.5 Å². The summed E-state index contributed by atoms with van der Waals surface area (Å²) < 4.78 is 39.4. The molecule has 0 aromatic carbocycles. The highest BCUT2D eigenvalue weighted by molar-refractivity contribution is 6.33. The van der Waals surface area contributed by atoms with Gasteiger partial charge in [-0.05, 0) is 26.8 Å². The third-order valence-corrected chi connectivity index (χ3v) is 3.02. The summed E-state index contributed by atoms with van der Waals surface area (Å²) in [6.45, 7) is 5.50. The maximum absolute atomic E-state index is 12.7. The summed E-state index contributed by atoms with van der Waals surface area (Å²) in [6.07, 6.45) is -2.25. The monoisotopic (exact) mass is 333 g/mol. The van der Waals surface area contributed by atoms with E-state index in [9.17, 15) is 18.0 Å². The fourth-order valence-electron chi connectivity index (χ4n) is 1.97. The summed E-state index contributed by atoms with van der Waals surface area (Å²) >= 11 is 5.84. The van der Waals surface area contributed by atoms with Gasteiger partial charge in [0.05, 0.1) is 22.7 Å². The number of carbonyl (C=O) groups excluding carboxylic acids is 1. The van der Waals surface area contributed by atoms with Crippen LogP contribution in [0, 0.1) is 0 Å². The van der Waals surface area contributed by atoms with Gasteiger partial charge in [0, 0.05) is 17.9 Å². The number of nitrogens with zero attached hydrogens (tertiary/aromatic N) is 2. The van der Waals surface area contributed by atoms with E-state index in [1.807, 2.05) is 20.8 Å². The Bertz CT molecular complexity index is 716. The van der Waals surface area contributed by atoms with Gasteiger partial charge in [-0.2, -0.15) is 13.2 Å².